The fourth-order valence-electron chi connectivity index (χ4n) is 2.25. The number of rotatable bonds is 5. The van der Waals surface area contributed by atoms with Crippen molar-refractivity contribution in [3.8, 4) is 5.75 Å². The standard InChI is InChI=1S/C17H20FNO/c1-12-4-3-5-13(2)17(12)11-20-16-9-14(6-7-19)8-15(18)10-16/h3-5,8-10H,6-7,11,19H2,1-2H3. The van der Waals surface area contributed by atoms with E-state index in [1.54, 1.807) is 0 Å². The summed E-state index contributed by atoms with van der Waals surface area (Å²) in [4.78, 5) is 0. The van der Waals surface area contributed by atoms with Crippen LogP contribution < -0.4 is 10.5 Å². The quantitative estimate of drug-likeness (QED) is 0.904. The van der Waals surface area contributed by atoms with Gasteiger partial charge < -0.3 is 10.5 Å². The van der Waals surface area contributed by atoms with Crippen LogP contribution in [0, 0.1) is 19.7 Å². The third-order valence-corrected chi connectivity index (χ3v) is 3.39. The van der Waals surface area contributed by atoms with Gasteiger partial charge in [-0.3, -0.25) is 0 Å². The van der Waals surface area contributed by atoms with Crippen LogP contribution in [0.3, 0.4) is 0 Å². The largest absolute Gasteiger partial charge is 0.489 e. The van der Waals surface area contributed by atoms with E-state index in [0.29, 0.717) is 25.3 Å². The van der Waals surface area contributed by atoms with Crippen LogP contribution in [0.15, 0.2) is 36.4 Å². The number of ether oxygens (including phenoxy) is 1. The van der Waals surface area contributed by atoms with Crippen molar-refractivity contribution in [1.82, 2.24) is 0 Å². The van der Waals surface area contributed by atoms with Crippen LogP contribution in [-0.2, 0) is 13.0 Å². The van der Waals surface area contributed by atoms with E-state index in [2.05, 4.69) is 26.0 Å². The number of hydrogen-bond donors (Lipinski definition) is 1. The summed E-state index contributed by atoms with van der Waals surface area (Å²) in [5, 5.41) is 0. The second-order valence-electron chi connectivity index (χ2n) is 4.99. The Hall–Kier alpha value is -1.87. The van der Waals surface area contributed by atoms with Crippen LogP contribution >= 0.6 is 0 Å². The van der Waals surface area contributed by atoms with Crippen molar-refractivity contribution in [1.29, 1.82) is 0 Å². The molecule has 0 saturated heterocycles. The van der Waals surface area contributed by atoms with Gasteiger partial charge in [-0.2, -0.15) is 0 Å². The van der Waals surface area contributed by atoms with E-state index in [-0.39, 0.29) is 5.82 Å². The Bertz CT molecular complexity index is 575. The van der Waals surface area contributed by atoms with E-state index in [1.807, 2.05) is 12.1 Å². The number of halogens is 1. The van der Waals surface area contributed by atoms with E-state index < -0.39 is 0 Å². The van der Waals surface area contributed by atoms with Gasteiger partial charge in [-0.1, -0.05) is 18.2 Å². The summed E-state index contributed by atoms with van der Waals surface area (Å²) in [7, 11) is 0. The number of aryl methyl sites for hydroxylation is 2. The van der Waals surface area contributed by atoms with E-state index in [4.69, 9.17) is 10.5 Å². The van der Waals surface area contributed by atoms with E-state index in [1.165, 1.54) is 23.3 Å². The topological polar surface area (TPSA) is 35.2 Å². The molecule has 20 heavy (non-hydrogen) atoms. The van der Waals surface area contributed by atoms with Crippen molar-refractivity contribution < 1.29 is 9.13 Å². The van der Waals surface area contributed by atoms with Crippen molar-refractivity contribution >= 4 is 0 Å². The minimum Gasteiger partial charge on any atom is -0.489 e. The number of nitrogens with two attached hydrogens (primary N) is 1. The molecule has 2 aromatic rings. The molecule has 0 aliphatic rings. The average molecular weight is 273 g/mol. The van der Waals surface area contributed by atoms with E-state index >= 15 is 0 Å². The molecule has 0 spiro atoms. The van der Waals surface area contributed by atoms with Crippen LogP contribution in [0.5, 0.6) is 5.75 Å². The first-order chi connectivity index (χ1) is 9.60. The normalized spacial score (nSPS) is 10.6. The molecule has 0 aliphatic carbocycles. The lowest BCUT2D eigenvalue weighted by Crippen LogP contribution is -2.04. The Labute approximate surface area is 119 Å². The van der Waals surface area contributed by atoms with Gasteiger partial charge in [0.25, 0.3) is 0 Å². The molecule has 0 unspecified atom stereocenters. The molecule has 0 saturated carbocycles. The maximum atomic E-state index is 13.5. The van der Waals surface area contributed by atoms with Gasteiger partial charge in [0.05, 0.1) is 0 Å². The van der Waals surface area contributed by atoms with E-state index in [9.17, 15) is 4.39 Å². The Balaban J connectivity index is 2.14. The summed E-state index contributed by atoms with van der Waals surface area (Å²) in [6.45, 7) is 5.05. The predicted octanol–water partition coefficient (Wildman–Crippen LogP) is 3.52. The zero-order chi connectivity index (χ0) is 14.5. The van der Waals surface area contributed by atoms with Gasteiger partial charge in [-0.15, -0.1) is 0 Å². The highest BCUT2D eigenvalue weighted by Gasteiger charge is 2.05. The average Bonchev–Trinajstić information content (AvgIpc) is 2.38. The molecule has 0 amide bonds. The lowest BCUT2D eigenvalue weighted by atomic mass is 10.0. The predicted molar refractivity (Wildman–Crippen MR) is 79.4 cm³/mol. The highest BCUT2D eigenvalue weighted by atomic mass is 19.1. The summed E-state index contributed by atoms with van der Waals surface area (Å²) >= 11 is 0. The summed E-state index contributed by atoms with van der Waals surface area (Å²) in [6.07, 6.45) is 0.650. The molecule has 2 aromatic carbocycles. The van der Waals surface area contributed by atoms with Crippen molar-refractivity contribution in [2.75, 3.05) is 6.54 Å². The molecule has 0 fully saturated rings. The second-order valence-corrected chi connectivity index (χ2v) is 4.99. The Morgan fingerprint density at radius 2 is 1.80 bits per heavy atom. The minimum atomic E-state index is -0.285. The lowest BCUT2D eigenvalue weighted by Gasteiger charge is -2.12. The minimum absolute atomic E-state index is 0.285. The second kappa shape index (κ2) is 6.53. The molecule has 0 atom stereocenters. The molecule has 0 aromatic heterocycles. The molecule has 2 nitrogen and oxygen atoms in total. The third-order valence-electron chi connectivity index (χ3n) is 3.39. The molecule has 2 rings (SSSR count). The van der Waals surface area contributed by atoms with Gasteiger partial charge >= 0.3 is 0 Å². The molecule has 3 heteroatoms. The monoisotopic (exact) mass is 273 g/mol. The first-order valence-electron chi connectivity index (χ1n) is 6.77. The number of benzene rings is 2. The van der Waals surface area contributed by atoms with Gasteiger partial charge in [-0.05, 0) is 61.2 Å². The van der Waals surface area contributed by atoms with Crippen LogP contribution in [0.25, 0.3) is 0 Å². The molecule has 2 N–H and O–H groups in total. The van der Waals surface area contributed by atoms with Gasteiger partial charge in [0, 0.05) is 6.07 Å². The fraction of sp³-hybridized carbons (Fsp3) is 0.294. The highest BCUT2D eigenvalue weighted by molar-refractivity contribution is 5.34. The molecular formula is C17H20FNO. The summed E-state index contributed by atoms with van der Waals surface area (Å²) in [6, 6.07) is 10.9. The van der Waals surface area contributed by atoms with Crippen molar-refractivity contribution in [3.05, 3.63) is 64.5 Å². The Kier molecular flexibility index (Phi) is 4.74. The first-order valence-corrected chi connectivity index (χ1v) is 6.77. The van der Waals surface area contributed by atoms with Crippen LogP contribution in [0.4, 0.5) is 4.39 Å². The van der Waals surface area contributed by atoms with Crippen LogP contribution in [-0.4, -0.2) is 6.54 Å². The Morgan fingerprint density at radius 3 is 2.45 bits per heavy atom. The zero-order valence-corrected chi connectivity index (χ0v) is 11.9. The molecule has 0 heterocycles. The summed E-state index contributed by atoms with van der Waals surface area (Å²) in [5.41, 5.74) is 9.88. The van der Waals surface area contributed by atoms with Gasteiger partial charge in [0.15, 0.2) is 0 Å². The zero-order valence-electron chi connectivity index (χ0n) is 11.9. The molecule has 0 bridgehead atoms. The molecule has 106 valence electrons. The first kappa shape index (κ1) is 14.5. The van der Waals surface area contributed by atoms with Crippen molar-refractivity contribution in [3.63, 3.8) is 0 Å². The smallest absolute Gasteiger partial charge is 0.127 e. The Morgan fingerprint density at radius 1 is 1.10 bits per heavy atom. The summed E-state index contributed by atoms with van der Waals surface area (Å²) < 4.78 is 19.3. The van der Waals surface area contributed by atoms with Crippen LogP contribution in [0.2, 0.25) is 0 Å². The van der Waals surface area contributed by atoms with E-state index in [0.717, 1.165) is 11.1 Å². The van der Waals surface area contributed by atoms with Crippen LogP contribution in [0.1, 0.15) is 22.3 Å². The van der Waals surface area contributed by atoms with Gasteiger partial charge in [0.2, 0.25) is 0 Å². The number of hydrogen-bond acceptors (Lipinski definition) is 2. The lowest BCUT2D eigenvalue weighted by molar-refractivity contribution is 0.302. The molecular weight excluding hydrogens is 253 g/mol. The van der Waals surface area contributed by atoms with Crippen molar-refractivity contribution in [2.24, 2.45) is 5.73 Å². The van der Waals surface area contributed by atoms with Gasteiger partial charge in [-0.25, -0.2) is 4.39 Å². The molecule has 0 radical (unpaired) electrons. The van der Waals surface area contributed by atoms with Gasteiger partial charge in [0.1, 0.15) is 18.2 Å². The fourth-order valence-corrected chi connectivity index (χ4v) is 2.25. The SMILES string of the molecule is Cc1cccc(C)c1COc1cc(F)cc(CCN)c1. The molecule has 0 aliphatic heterocycles. The highest BCUT2D eigenvalue weighted by Crippen LogP contribution is 2.20. The summed E-state index contributed by atoms with van der Waals surface area (Å²) in [5.74, 6) is 0.267. The maximum Gasteiger partial charge on any atom is 0.127 e. The maximum absolute atomic E-state index is 13.5. The van der Waals surface area contributed by atoms with Crippen molar-refractivity contribution in [2.45, 2.75) is 26.9 Å². The third kappa shape index (κ3) is 3.58.